The maximum absolute atomic E-state index is 12.9. The number of nitrogens with one attached hydrogen (secondary N) is 3. The minimum Gasteiger partial charge on any atom is -0.480 e. The van der Waals surface area contributed by atoms with Crippen molar-refractivity contribution in [2.75, 3.05) is 18.6 Å². The number of carboxylic acids is 1. The van der Waals surface area contributed by atoms with Gasteiger partial charge >= 0.3 is 5.97 Å². The van der Waals surface area contributed by atoms with Crippen LogP contribution < -0.4 is 21.7 Å². The lowest BCUT2D eigenvalue weighted by molar-refractivity contribution is -0.142. The van der Waals surface area contributed by atoms with Crippen LogP contribution in [0.2, 0.25) is 0 Å². The van der Waals surface area contributed by atoms with Gasteiger partial charge < -0.3 is 26.8 Å². The number of aliphatic carboxylic acids is 1. The molecule has 10 heteroatoms. The van der Waals surface area contributed by atoms with Crippen LogP contribution >= 0.6 is 11.8 Å². The van der Waals surface area contributed by atoms with Gasteiger partial charge in [-0.05, 0) is 29.9 Å². The molecule has 0 bridgehead atoms. The summed E-state index contributed by atoms with van der Waals surface area (Å²) in [6.45, 7) is 3.27. The molecule has 0 aliphatic rings. The van der Waals surface area contributed by atoms with Crippen molar-refractivity contribution in [3.05, 3.63) is 35.9 Å². The molecular formula is C21H32N4O5S. The van der Waals surface area contributed by atoms with Gasteiger partial charge in [0.1, 0.15) is 18.1 Å². The number of thioether (sulfide) groups is 1. The highest BCUT2D eigenvalue weighted by atomic mass is 32.2. The second kappa shape index (κ2) is 13.7. The van der Waals surface area contributed by atoms with Gasteiger partial charge in [0, 0.05) is 6.42 Å². The fraction of sp³-hybridized carbons (Fsp3) is 0.524. The Morgan fingerprint density at radius 2 is 1.61 bits per heavy atom. The van der Waals surface area contributed by atoms with Gasteiger partial charge in [0.2, 0.25) is 17.7 Å². The van der Waals surface area contributed by atoms with Gasteiger partial charge in [-0.25, -0.2) is 4.79 Å². The lowest BCUT2D eigenvalue weighted by atomic mass is 10.0. The van der Waals surface area contributed by atoms with Crippen molar-refractivity contribution in [3.8, 4) is 0 Å². The van der Waals surface area contributed by atoms with Crippen molar-refractivity contribution in [3.63, 3.8) is 0 Å². The zero-order valence-corrected chi connectivity index (χ0v) is 18.9. The average molecular weight is 453 g/mol. The third kappa shape index (κ3) is 9.39. The summed E-state index contributed by atoms with van der Waals surface area (Å²) in [5.41, 5.74) is 6.08. The summed E-state index contributed by atoms with van der Waals surface area (Å²) >= 11 is 1.50. The fourth-order valence-electron chi connectivity index (χ4n) is 2.86. The van der Waals surface area contributed by atoms with E-state index in [2.05, 4.69) is 16.0 Å². The summed E-state index contributed by atoms with van der Waals surface area (Å²) in [6, 6.07) is 6.03. The molecule has 172 valence electrons. The first kappa shape index (κ1) is 26.4. The number of amides is 3. The van der Waals surface area contributed by atoms with Crippen LogP contribution in [-0.2, 0) is 25.6 Å². The Labute approximate surface area is 186 Å². The minimum absolute atomic E-state index is 0.117. The summed E-state index contributed by atoms with van der Waals surface area (Å²) in [6.07, 6.45) is 2.29. The van der Waals surface area contributed by atoms with E-state index in [1.165, 1.54) is 11.8 Å². The van der Waals surface area contributed by atoms with Crippen molar-refractivity contribution in [1.82, 2.24) is 16.0 Å². The van der Waals surface area contributed by atoms with Crippen LogP contribution in [0.15, 0.2) is 30.3 Å². The molecular weight excluding hydrogens is 420 g/mol. The van der Waals surface area contributed by atoms with E-state index in [9.17, 15) is 24.3 Å². The Bertz CT molecular complexity index is 745. The number of carbonyl (C=O) groups excluding carboxylic acids is 3. The number of carboxylic acid groups (broad SMARTS) is 1. The topological polar surface area (TPSA) is 151 Å². The normalized spacial score (nSPS) is 13.7. The highest BCUT2D eigenvalue weighted by Crippen LogP contribution is 2.08. The molecule has 9 nitrogen and oxygen atoms in total. The van der Waals surface area contributed by atoms with Crippen LogP contribution in [0.3, 0.4) is 0 Å². The maximum Gasteiger partial charge on any atom is 0.326 e. The molecule has 0 saturated carbocycles. The predicted molar refractivity (Wildman–Crippen MR) is 120 cm³/mol. The quantitative estimate of drug-likeness (QED) is 0.285. The molecule has 0 aliphatic heterocycles. The second-order valence-electron chi connectivity index (χ2n) is 7.43. The third-order valence-electron chi connectivity index (χ3n) is 4.59. The molecule has 3 amide bonds. The standard InChI is InChI=1S/C21H32N4O5S/c1-13(2)18(25-17(26)12-22)20(28)23-15(9-10-31-3)19(27)24-16(21(29)30)11-14-7-5-4-6-8-14/h4-8,13,15-16,18H,9-12,22H2,1-3H3,(H,23,28)(H,24,27)(H,25,26)(H,29,30). The summed E-state index contributed by atoms with van der Waals surface area (Å²) in [5, 5.41) is 17.3. The van der Waals surface area contributed by atoms with Gasteiger partial charge in [-0.2, -0.15) is 11.8 Å². The molecule has 0 spiro atoms. The van der Waals surface area contributed by atoms with Gasteiger partial charge in [-0.15, -0.1) is 0 Å². The number of rotatable bonds is 13. The maximum atomic E-state index is 12.9. The molecule has 3 unspecified atom stereocenters. The average Bonchev–Trinajstić information content (AvgIpc) is 2.74. The number of nitrogens with two attached hydrogens (primary N) is 1. The second-order valence-corrected chi connectivity index (χ2v) is 8.41. The molecule has 0 aliphatic carbocycles. The first-order chi connectivity index (χ1) is 14.7. The molecule has 0 heterocycles. The lowest BCUT2D eigenvalue weighted by Crippen LogP contribution is -2.57. The van der Waals surface area contributed by atoms with Crippen molar-refractivity contribution in [1.29, 1.82) is 0 Å². The van der Waals surface area contributed by atoms with E-state index in [0.717, 1.165) is 5.56 Å². The Balaban J connectivity index is 2.92. The zero-order valence-electron chi connectivity index (χ0n) is 18.1. The van der Waals surface area contributed by atoms with Crippen molar-refractivity contribution < 1.29 is 24.3 Å². The van der Waals surface area contributed by atoms with Crippen molar-refractivity contribution in [2.24, 2.45) is 11.7 Å². The van der Waals surface area contributed by atoms with E-state index < -0.39 is 41.8 Å². The van der Waals surface area contributed by atoms with E-state index in [-0.39, 0.29) is 18.9 Å². The molecule has 1 rings (SSSR count). The Hall–Kier alpha value is -2.59. The van der Waals surface area contributed by atoms with Crippen LogP contribution in [0.4, 0.5) is 0 Å². The molecule has 6 N–H and O–H groups in total. The molecule has 3 atom stereocenters. The minimum atomic E-state index is -1.16. The number of carbonyl (C=O) groups is 4. The first-order valence-corrected chi connectivity index (χ1v) is 11.4. The summed E-state index contributed by atoms with van der Waals surface area (Å²) in [4.78, 5) is 48.9. The van der Waals surface area contributed by atoms with Gasteiger partial charge in [-0.1, -0.05) is 44.2 Å². The van der Waals surface area contributed by atoms with E-state index in [1.807, 2.05) is 12.3 Å². The smallest absolute Gasteiger partial charge is 0.326 e. The van der Waals surface area contributed by atoms with Crippen molar-refractivity contribution >= 4 is 35.5 Å². The summed E-state index contributed by atoms with van der Waals surface area (Å²) in [5.74, 6) is -2.40. The Morgan fingerprint density at radius 3 is 2.13 bits per heavy atom. The molecule has 1 aromatic carbocycles. The van der Waals surface area contributed by atoms with E-state index in [1.54, 1.807) is 38.1 Å². The lowest BCUT2D eigenvalue weighted by Gasteiger charge is -2.26. The van der Waals surface area contributed by atoms with Crippen LogP contribution in [0.1, 0.15) is 25.8 Å². The highest BCUT2D eigenvalue weighted by Gasteiger charge is 2.30. The summed E-state index contributed by atoms with van der Waals surface area (Å²) in [7, 11) is 0. The molecule has 0 radical (unpaired) electrons. The van der Waals surface area contributed by atoms with Gasteiger partial charge in [0.15, 0.2) is 0 Å². The van der Waals surface area contributed by atoms with Crippen LogP contribution in [-0.4, -0.2) is 65.5 Å². The number of hydrogen-bond donors (Lipinski definition) is 5. The summed E-state index contributed by atoms with van der Waals surface area (Å²) < 4.78 is 0. The Kier molecular flexibility index (Phi) is 11.7. The molecule has 31 heavy (non-hydrogen) atoms. The molecule has 0 saturated heterocycles. The van der Waals surface area contributed by atoms with E-state index in [4.69, 9.17) is 5.73 Å². The monoisotopic (exact) mass is 452 g/mol. The van der Waals surface area contributed by atoms with Crippen LogP contribution in [0, 0.1) is 5.92 Å². The van der Waals surface area contributed by atoms with E-state index >= 15 is 0 Å². The van der Waals surface area contributed by atoms with Gasteiger partial charge in [0.25, 0.3) is 0 Å². The molecule has 0 aromatic heterocycles. The number of hydrogen-bond acceptors (Lipinski definition) is 6. The largest absolute Gasteiger partial charge is 0.480 e. The fourth-order valence-corrected chi connectivity index (χ4v) is 3.33. The van der Waals surface area contributed by atoms with Crippen LogP contribution in [0.25, 0.3) is 0 Å². The highest BCUT2D eigenvalue weighted by molar-refractivity contribution is 7.98. The molecule has 1 aromatic rings. The Morgan fingerprint density at radius 1 is 1.00 bits per heavy atom. The first-order valence-electron chi connectivity index (χ1n) is 10.0. The zero-order chi connectivity index (χ0) is 23.4. The van der Waals surface area contributed by atoms with Gasteiger partial charge in [0.05, 0.1) is 6.54 Å². The predicted octanol–water partition coefficient (Wildman–Crippen LogP) is 0.136. The number of benzene rings is 1. The SMILES string of the molecule is CSCCC(NC(=O)C(NC(=O)CN)C(C)C)C(=O)NC(Cc1ccccc1)C(=O)O. The van der Waals surface area contributed by atoms with E-state index in [0.29, 0.717) is 12.2 Å². The molecule has 0 fully saturated rings. The third-order valence-corrected chi connectivity index (χ3v) is 5.24. The van der Waals surface area contributed by atoms with Crippen LogP contribution in [0.5, 0.6) is 0 Å². The van der Waals surface area contributed by atoms with Gasteiger partial charge in [-0.3, -0.25) is 14.4 Å². The van der Waals surface area contributed by atoms with Crippen molar-refractivity contribution in [2.45, 2.75) is 44.8 Å².